The molecule has 2 aromatic heterocycles. The fourth-order valence-corrected chi connectivity index (χ4v) is 4.03. The van der Waals surface area contributed by atoms with Gasteiger partial charge in [0, 0.05) is 34.7 Å². The summed E-state index contributed by atoms with van der Waals surface area (Å²) in [5, 5.41) is 4.25. The molecule has 4 aromatic rings. The molecule has 2 aromatic carbocycles. The molecule has 0 atom stereocenters. The maximum atomic E-state index is 12.3. The van der Waals surface area contributed by atoms with Crippen LogP contribution in [0.25, 0.3) is 33.4 Å². The molecule has 1 amide bonds. The topological polar surface area (TPSA) is 99.4 Å². The van der Waals surface area contributed by atoms with E-state index in [2.05, 4.69) is 12.2 Å². The Bertz CT molecular complexity index is 1330. The van der Waals surface area contributed by atoms with Gasteiger partial charge in [-0.1, -0.05) is 38.0 Å². The van der Waals surface area contributed by atoms with Gasteiger partial charge in [0.05, 0.1) is 19.9 Å². The summed E-state index contributed by atoms with van der Waals surface area (Å²) in [7, 11) is 3.22. The molecule has 0 radical (unpaired) electrons. The van der Waals surface area contributed by atoms with E-state index in [-0.39, 0.29) is 0 Å². The quantitative estimate of drug-likeness (QED) is 0.289. The van der Waals surface area contributed by atoms with E-state index in [9.17, 15) is 4.79 Å². The van der Waals surface area contributed by atoms with Crippen LogP contribution in [0.15, 0.2) is 60.7 Å². The summed E-state index contributed by atoms with van der Waals surface area (Å²) in [6, 6.07) is 18.8. The Balaban J connectivity index is 1.91. The molecule has 4 rings (SSSR count). The van der Waals surface area contributed by atoms with Crippen LogP contribution in [0, 0.1) is 0 Å². The number of ether oxygens (including phenoxy) is 2. The van der Waals surface area contributed by atoms with Crippen molar-refractivity contribution >= 4 is 22.8 Å². The van der Waals surface area contributed by atoms with Gasteiger partial charge >= 0.3 is 0 Å². The average Bonchev–Trinajstić information content (AvgIpc) is 2.89. The lowest BCUT2D eigenvalue weighted by Gasteiger charge is -2.15. The normalized spacial score (nSPS) is 10.8. The number of unbranched alkanes of at least 4 members (excludes halogenated alkanes) is 2. The zero-order valence-corrected chi connectivity index (χ0v) is 20.3. The highest BCUT2D eigenvalue weighted by Gasteiger charge is 2.18. The van der Waals surface area contributed by atoms with Crippen LogP contribution >= 0.6 is 0 Å². The summed E-state index contributed by atoms with van der Waals surface area (Å²) in [5.41, 5.74) is 9.59. The largest absolute Gasteiger partial charge is 0.497 e. The van der Waals surface area contributed by atoms with Crippen LogP contribution in [-0.4, -0.2) is 36.6 Å². The van der Waals surface area contributed by atoms with Crippen LogP contribution in [0.5, 0.6) is 11.5 Å². The van der Waals surface area contributed by atoms with Crippen LogP contribution in [0.4, 0.5) is 5.82 Å². The molecule has 0 saturated carbocycles. The lowest BCUT2D eigenvalue weighted by molar-refractivity contribution is 0.100. The Morgan fingerprint density at radius 2 is 1.66 bits per heavy atom. The number of nitrogens with two attached hydrogens (primary N) is 1. The maximum Gasteiger partial charge on any atom is 0.249 e. The van der Waals surface area contributed by atoms with Gasteiger partial charge in [-0.2, -0.15) is 0 Å². The van der Waals surface area contributed by atoms with E-state index in [1.54, 1.807) is 26.4 Å². The fourth-order valence-electron chi connectivity index (χ4n) is 4.03. The molecule has 7 heteroatoms. The standard InChI is InChI=1S/C28H30N4O3/c1-4-5-8-13-30-25-12-11-18-16-24(19-14-20(34-2)17-21(15-19)35-3)26(32-28(18)31-25)22-9-6-7-10-23(22)27(29)33/h6-7,9-12,14-17H,4-5,8,13H2,1-3H3,(H2,29,33)(H,30,31,32). The van der Waals surface area contributed by atoms with Gasteiger partial charge in [0.1, 0.15) is 17.3 Å². The number of carbonyl (C=O) groups excluding carboxylic acids is 1. The number of aromatic nitrogens is 2. The van der Waals surface area contributed by atoms with Crippen molar-refractivity contribution in [3.05, 3.63) is 66.2 Å². The molecule has 0 unspecified atom stereocenters. The number of carbonyl (C=O) groups is 1. The number of hydrogen-bond donors (Lipinski definition) is 2. The number of nitrogens with one attached hydrogen (secondary N) is 1. The van der Waals surface area contributed by atoms with E-state index in [0.29, 0.717) is 34.0 Å². The Morgan fingerprint density at radius 3 is 2.34 bits per heavy atom. The van der Waals surface area contributed by atoms with Gasteiger partial charge in [0.25, 0.3) is 0 Å². The SMILES string of the molecule is CCCCCNc1ccc2cc(-c3cc(OC)cc(OC)c3)c(-c3ccccc3C(N)=O)nc2n1. The monoisotopic (exact) mass is 470 g/mol. The molecule has 3 N–H and O–H groups in total. The van der Waals surface area contributed by atoms with Crippen LogP contribution < -0.4 is 20.5 Å². The zero-order valence-electron chi connectivity index (χ0n) is 20.3. The Labute approximate surface area is 205 Å². The molecule has 2 heterocycles. The highest BCUT2D eigenvalue weighted by molar-refractivity contribution is 6.02. The second-order valence-electron chi connectivity index (χ2n) is 8.27. The van der Waals surface area contributed by atoms with Crippen LogP contribution in [0.1, 0.15) is 36.5 Å². The molecule has 0 spiro atoms. The molecule has 0 bridgehead atoms. The van der Waals surface area contributed by atoms with Crippen LogP contribution in [0.3, 0.4) is 0 Å². The third-order valence-corrected chi connectivity index (χ3v) is 5.87. The lowest BCUT2D eigenvalue weighted by Crippen LogP contribution is -2.12. The molecule has 0 fully saturated rings. The van der Waals surface area contributed by atoms with E-state index >= 15 is 0 Å². The van der Waals surface area contributed by atoms with E-state index in [4.69, 9.17) is 25.2 Å². The first-order chi connectivity index (χ1) is 17.0. The highest BCUT2D eigenvalue weighted by Crippen LogP contribution is 2.38. The zero-order chi connectivity index (χ0) is 24.8. The lowest BCUT2D eigenvalue weighted by atomic mass is 9.94. The van der Waals surface area contributed by atoms with Gasteiger partial charge in [0.2, 0.25) is 5.91 Å². The predicted octanol–water partition coefficient (Wildman–Crippen LogP) is 5.68. The van der Waals surface area contributed by atoms with Gasteiger partial charge < -0.3 is 20.5 Å². The Hall–Kier alpha value is -4.13. The fraction of sp³-hybridized carbons (Fsp3) is 0.250. The first-order valence-corrected chi connectivity index (χ1v) is 11.7. The molecule has 180 valence electrons. The van der Waals surface area contributed by atoms with Gasteiger partial charge in [-0.3, -0.25) is 4.79 Å². The number of fused-ring (bicyclic) bond motifs is 1. The Kier molecular flexibility index (Phi) is 7.45. The minimum Gasteiger partial charge on any atom is -0.497 e. The molecule has 7 nitrogen and oxygen atoms in total. The molecular formula is C28H30N4O3. The summed E-state index contributed by atoms with van der Waals surface area (Å²) in [6.45, 7) is 3.03. The number of pyridine rings is 2. The molecule has 35 heavy (non-hydrogen) atoms. The molecule has 0 saturated heterocycles. The number of benzene rings is 2. The van der Waals surface area contributed by atoms with Crippen molar-refractivity contribution in [2.75, 3.05) is 26.1 Å². The van der Waals surface area contributed by atoms with Crippen LogP contribution in [0.2, 0.25) is 0 Å². The summed E-state index contributed by atoms with van der Waals surface area (Å²) in [5.74, 6) is 1.55. The van der Waals surface area contributed by atoms with Gasteiger partial charge in [-0.25, -0.2) is 9.97 Å². The minimum absolute atomic E-state index is 0.393. The first-order valence-electron chi connectivity index (χ1n) is 11.7. The summed E-state index contributed by atoms with van der Waals surface area (Å²) in [4.78, 5) is 22.0. The predicted molar refractivity (Wildman–Crippen MR) is 140 cm³/mol. The number of amides is 1. The summed E-state index contributed by atoms with van der Waals surface area (Å²) >= 11 is 0. The number of hydrogen-bond acceptors (Lipinski definition) is 6. The summed E-state index contributed by atoms with van der Waals surface area (Å²) in [6.07, 6.45) is 3.41. The Morgan fingerprint density at radius 1 is 0.914 bits per heavy atom. The maximum absolute atomic E-state index is 12.3. The molecule has 0 aliphatic heterocycles. The minimum atomic E-state index is -0.518. The summed E-state index contributed by atoms with van der Waals surface area (Å²) < 4.78 is 11.0. The van der Waals surface area contributed by atoms with Crippen molar-refractivity contribution < 1.29 is 14.3 Å². The highest BCUT2D eigenvalue weighted by atomic mass is 16.5. The number of primary amides is 1. The van der Waals surface area contributed by atoms with Gasteiger partial charge in [-0.05, 0) is 48.4 Å². The van der Waals surface area contributed by atoms with Crippen molar-refractivity contribution in [1.82, 2.24) is 9.97 Å². The smallest absolute Gasteiger partial charge is 0.249 e. The van der Waals surface area contributed by atoms with Crippen molar-refractivity contribution in [3.8, 4) is 33.9 Å². The molecular weight excluding hydrogens is 440 g/mol. The number of rotatable bonds is 10. The van der Waals surface area contributed by atoms with Crippen molar-refractivity contribution in [2.24, 2.45) is 5.73 Å². The van der Waals surface area contributed by atoms with E-state index in [1.807, 2.05) is 48.5 Å². The molecule has 0 aliphatic carbocycles. The first kappa shape index (κ1) is 24.0. The third kappa shape index (κ3) is 5.35. The van der Waals surface area contributed by atoms with Crippen molar-refractivity contribution in [1.29, 1.82) is 0 Å². The van der Waals surface area contributed by atoms with Gasteiger partial charge in [-0.15, -0.1) is 0 Å². The van der Waals surface area contributed by atoms with Crippen LogP contribution in [-0.2, 0) is 0 Å². The number of nitrogens with zero attached hydrogens (tertiary/aromatic N) is 2. The average molecular weight is 471 g/mol. The third-order valence-electron chi connectivity index (χ3n) is 5.87. The van der Waals surface area contributed by atoms with E-state index in [0.717, 1.165) is 41.7 Å². The van der Waals surface area contributed by atoms with E-state index < -0.39 is 5.91 Å². The second-order valence-corrected chi connectivity index (χ2v) is 8.27. The van der Waals surface area contributed by atoms with Crippen molar-refractivity contribution in [2.45, 2.75) is 26.2 Å². The second kappa shape index (κ2) is 10.9. The van der Waals surface area contributed by atoms with Gasteiger partial charge in [0.15, 0.2) is 5.65 Å². The van der Waals surface area contributed by atoms with Crippen molar-refractivity contribution in [3.63, 3.8) is 0 Å². The number of methoxy groups -OCH3 is 2. The van der Waals surface area contributed by atoms with E-state index in [1.165, 1.54) is 6.42 Å². The number of anilines is 1. The molecule has 0 aliphatic rings.